The predicted octanol–water partition coefficient (Wildman–Crippen LogP) is 2.85. The molecule has 0 radical (unpaired) electrons. The Kier molecular flexibility index (Phi) is 10.1. The van der Waals surface area contributed by atoms with Crippen LogP contribution in [0.2, 0.25) is 0 Å². The van der Waals surface area contributed by atoms with Crippen molar-refractivity contribution in [1.29, 1.82) is 0 Å². The summed E-state index contributed by atoms with van der Waals surface area (Å²) in [6.45, 7) is 8.24. The number of likely N-dealkylation sites (tertiary alicyclic amines) is 1. The molecule has 2 rings (SSSR count). The zero-order valence-corrected chi connectivity index (χ0v) is 18.7. The number of hydrogen-bond acceptors (Lipinski definition) is 4. The monoisotopic (exact) mass is 476 g/mol. The Morgan fingerprint density at radius 2 is 2.08 bits per heavy atom. The number of nitrogens with two attached hydrogens (primary N) is 1. The number of nitrogens with zero attached hydrogens (tertiary/aromatic N) is 2. The molecule has 0 amide bonds. The molecule has 26 heavy (non-hydrogen) atoms. The van der Waals surface area contributed by atoms with Crippen LogP contribution in [0.3, 0.4) is 0 Å². The topological polar surface area (TPSA) is 72.1 Å². The van der Waals surface area contributed by atoms with E-state index in [4.69, 9.17) is 15.2 Å². The van der Waals surface area contributed by atoms with E-state index in [1.165, 1.54) is 25.9 Å². The van der Waals surface area contributed by atoms with Crippen LogP contribution in [0.1, 0.15) is 32.3 Å². The summed E-state index contributed by atoms with van der Waals surface area (Å²) in [5.74, 6) is 2.68. The van der Waals surface area contributed by atoms with E-state index >= 15 is 0 Å². The number of guanidine groups is 1. The van der Waals surface area contributed by atoms with Crippen LogP contribution in [0.4, 0.5) is 0 Å². The van der Waals surface area contributed by atoms with Gasteiger partial charge in [0.2, 0.25) is 0 Å². The molecule has 0 bridgehead atoms. The summed E-state index contributed by atoms with van der Waals surface area (Å²) in [4.78, 5) is 6.96. The van der Waals surface area contributed by atoms with Gasteiger partial charge >= 0.3 is 0 Å². The molecule has 0 aliphatic carbocycles. The number of piperidine rings is 1. The number of aliphatic imine (C=N–C) groups is 1. The van der Waals surface area contributed by atoms with Gasteiger partial charge in [-0.15, -0.1) is 24.0 Å². The van der Waals surface area contributed by atoms with E-state index in [1.807, 2.05) is 18.2 Å². The normalized spacial score (nSPS) is 19.4. The summed E-state index contributed by atoms with van der Waals surface area (Å²) in [5, 5.41) is 3.25. The van der Waals surface area contributed by atoms with Crippen molar-refractivity contribution < 1.29 is 9.47 Å². The summed E-state index contributed by atoms with van der Waals surface area (Å²) >= 11 is 0. The molecule has 1 heterocycles. The van der Waals surface area contributed by atoms with Crippen LogP contribution in [0.25, 0.3) is 0 Å². The van der Waals surface area contributed by atoms with Gasteiger partial charge in [-0.1, -0.05) is 13.0 Å². The number of rotatable bonds is 7. The van der Waals surface area contributed by atoms with E-state index in [9.17, 15) is 0 Å². The quantitative estimate of drug-likeness (QED) is 0.360. The first-order valence-electron chi connectivity index (χ1n) is 9.02. The molecule has 1 aromatic rings. The van der Waals surface area contributed by atoms with Crippen molar-refractivity contribution >= 4 is 29.9 Å². The molecular formula is C19H33IN4O2. The molecule has 0 aromatic heterocycles. The number of halogens is 1. The van der Waals surface area contributed by atoms with Crippen molar-refractivity contribution in [2.75, 3.05) is 33.9 Å². The summed E-state index contributed by atoms with van der Waals surface area (Å²) in [5.41, 5.74) is 7.05. The van der Waals surface area contributed by atoms with E-state index in [0.717, 1.165) is 18.0 Å². The van der Waals surface area contributed by atoms with Gasteiger partial charge in [0, 0.05) is 19.1 Å². The zero-order chi connectivity index (χ0) is 18.2. The van der Waals surface area contributed by atoms with E-state index in [-0.39, 0.29) is 24.0 Å². The fraction of sp³-hybridized carbons (Fsp3) is 0.632. The molecule has 1 aliphatic rings. The third-order valence-corrected chi connectivity index (χ3v) is 4.77. The minimum atomic E-state index is 0. The third-order valence-electron chi connectivity index (χ3n) is 4.77. The summed E-state index contributed by atoms with van der Waals surface area (Å²) in [6.07, 6.45) is 2.62. The SMILES string of the molecule is COc1ccc(CN=C(N)NCC(C)N2CCCC(C)C2)cc1OC.I. The number of benzene rings is 1. The van der Waals surface area contributed by atoms with Gasteiger partial charge < -0.3 is 20.5 Å². The van der Waals surface area contributed by atoms with Crippen molar-refractivity contribution in [2.45, 2.75) is 39.3 Å². The van der Waals surface area contributed by atoms with Gasteiger partial charge in [0.05, 0.1) is 20.8 Å². The highest BCUT2D eigenvalue weighted by Gasteiger charge is 2.20. The Hall–Kier alpha value is -1.22. The first kappa shape index (κ1) is 22.8. The van der Waals surface area contributed by atoms with E-state index in [1.54, 1.807) is 14.2 Å². The molecule has 0 spiro atoms. The highest BCUT2D eigenvalue weighted by molar-refractivity contribution is 14.0. The second-order valence-electron chi connectivity index (χ2n) is 6.86. The van der Waals surface area contributed by atoms with Crippen LogP contribution in [0, 0.1) is 5.92 Å². The van der Waals surface area contributed by atoms with Gasteiger partial charge in [-0.3, -0.25) is 4.90 Å². The van der Waals surface area contributed by atoms with E-state index < -0.39 is 0 Å². The Balaban J connectivity index is 0.00000338. The second-order valence-corrected chi connectivity index (χ2v) is 6.86. The van der Waals surface area contributed by atoms with Crippen LogP contribution >= 0.6 is 24.0 Å². The molecule has 1 aliphatic heterocycles. The van der Waals surface area contributed by atoms with Crippen LogP contribution in [0.5, 0.6) is 11.5 Å². The van der Waals surface area contributed by atoms with Crippen LogP contribution in [-0.4, -0.2) is 50.8 Å². The predicted molar refractivity (Wildman–Crippen MR) is 118 cm³/mol. The molecule has 0 saturated carbocycles. The number of nitrogens with one attached hydrogen (secondary N) is 1. The zero-order valence-electron chi connectivity index (χ0n) is 16.3. The van der Waals surface area contributed by atoms with Crippen molar-refractivity contribution in [3.8, 4) is 11.5 Å². The van der Waals surface area contributed by atoms with Gasteiger partial charge in [0.1, 0.15) is 0 Å². The van der Waals surface area contributed by atoms with Gasteiger partial charge in [-0.25, -0.2) is 4.99 Å². The van der Waals surface area contributed by atoms with Crippen LogP contribution < -0.4 is 20.5 Å². The maximum Gasteiger partial charge on any atom is 0.188 e. The molecule has 1 saturated heterocycles. The molecule has 3 N–H and O–H groups in total. The molecule has 1 aromatic carbocycles. The molecule has 2 unspecified atom stereocenters. The van der Waals surface area contributed by atoms with Gasteiger partial charge in [0.15, 0.2) is 17.5 Å². The fourth-order valence-corrected chi connectivity index (χ4v) is 3.22. The maximum atomic E-state index is 6.02. The summed E-state index contributed by atoms with van der Waals surface area (Å²) in [7, 11) is 3.26. The Labute approximate surface area is 174 Å². The lowest BCUT2D eigenvalue weighted by molar-refractivity contribution is 0.139. The number of ether oxygens (including phenoxy) is 2. The molecule has 1 fully saturated rings. The van der Waals surface area contributed by atoms with Crippen molar-refractivity contribution in [3.63, 3.8) is 0 Å². The highest BCUT2D eigenvalue weighted by atomic mass is 127. The minimum absolute atomic E-state index is 0. The molecule has 148 valence electrons. The summed E-state index contributed by atoms with van der Waals surface area (Å²) < 4.78 is 10.6. The average Bonchev–Trinajstić information content (AvgIpc) is 2.64. The van der Waals surface area contributed by atoms with Gasteiger partial charge in [0.25, 0.3) is 0 Å². The third kappa shape index (κ3) is 6.83. The lowest BCUT2D eigenvalue weighted by Crippen LogP contribution is -2.47. The highest BCUT2D eigenvalue weighted by Crippen LogP contribution is 2.27. The first-order chi connectivity index (χ1) is 12.0. The largest absolute Gasteiger partial charge is 0.493 e. The second kappa shape index (κ2) is 11.5. The Morgan fingerprint density at radius 1 is 1.35 bits per heavy atom. The van der Waals surface area contributed by atoms with Crippen molar-refractivity contribution in [1.82, 2.24) is 10.2 Å². The van der Waals surface area contributed by atoms with Gasteiger partial charge in [-0.2, -0.15) is 0 Å². The van der Waals surface area contributed by atoms with Crippen LogP contribution in [-0.2, 0) is 6.54 Å². The molecule has 2 atom stereocenters. The fourth-order valence-electron chi connectivity index (χ4n) is 3.22. The lowest BCUT2D eigenvalue weighted by Gasteiger charge is -2.35. The summed E-state index contributed by atoms with van der Waals surface area (Å²) in [6, 6.07) is 6.23. The first-order valence-corrected chi connectivity index (χ1v) is 9.02. The van der Waals surface area contributed by atoms with E-state index in [2.05, 4.69) is 29.1 Å². The van der Waals surface area contributed by atoms with Gasteiger partial charge in [-0.05, 0) is 49.9 Å². The van der Waals surface area contributed by atoms with Crippen molar-refractivity contribution in [3.05, 3.63) is 23.8 Å². The standard InChI is InChI=1S/C19H32N4O2.HI/c1-14-6-5-9-23(13-14)15(2)11-21-19(20)22-12-16-7-8-17(24-3)18(10-16)25-4;/h7-8,10,14-15H,5-6,9,11-13H2,1-4H3,(H3,20,21,22);1H. The number of hydrogen-bond donors (Lipinski definition) is 2. The van der Waals surface area contributed by atoms with Crippen LogP contribution in [0.15, 0.2) is 23.2 Å². The molecule has 7 heteroatoms. The smallest absolute Gasteiger partial charge is 0.188 e. The van der Waals surface area contributed by atoms with Crippen molar-refractivity contribution in [2.24, 2.45) is 16.6 Å². The molecular weight excluding hydrogens is 443 g/mol. The molecule has 6 nitrogen and oxygen atoms in total. The Morgan fingerprint density at radius 3 is 2.73 bits per heavy atom. The number of methoxy groups -OCH3 is 2. The average molecular weight is 476 g/mol. The Bertz CT molecular complexity index is 583. The maximum absolute atomic E-state index is 6.02. The minimum Gasteiger partial charge on any atom is -0.493 e. The van der Waals surface area contributed by atoms with E-state index in [0.29, 0.717) is 30.0 Å². The lowest BCUT2D eigenvalue weighted by atomic mass is 9.99.